The monoisotopic (exact) mass is 225 g/mol. The third-order valence-electron chi connectivity index (χ3n) is 1.83. The largest absolute Gasteiger partial charge is 0.460 e. The molecule has 86 valence electrons. The second kappa shape index (κ2) is 5.82. The molecule has 0 fully saturated rings. The number of ether oxygens (including phenoxy) is 2. The molecule has 0 unspecified atom stereocenters. The van der Waals surface area contributed by atoms with Crippen LogP contribution in [0.2, 0.25) is 0 Å². The molecule has 6 heteroatoms. The quantitative estimate of drug-likeness (QED) is 0.327. The number of esters is 1. The topological polar surface area (TPSA) is 78.7 Å². The molecule has 0 bridgehead atoms. The number of carbonyl (C=O) groups excluding carboxylic acids is 1. The van der Waals surface area contributed by atoms with Crippen molar-refractivity contribution in [1.29, 1.82) is 0 Å². The maximum absolute atomic E-state index is 11.4. The first kappa shape index (κ1) is 12.1. The number of nitro groups is 1. The van der Waals surface area contributed by atoms with Gasteiger partial charge in [0.1, 0.15) is 6.61 Å². The summed E-state index contributed by atoms with van der Waals surface area (Å²) >= 11 is 0. The van der Waals surface area contributed by atoms with Crippen molar-refractivity contribution in [2.45, 2.75) is 0 Å². The molecule has 1 rings (SSSR count). The lowest BCUT2D eigenvalue weighted by Gasteiger charge is -2.03. The Morgan fingerprint density at radius 2 is 1.94 bits per heavy atom. The summed E-state index contributed by atoms with van der Waals surface area (Å²) in [5.41, 5.74) is 0.218. The molecular weight excluding hydrogens is 214 g/mol. The number of methoxy groups -OCH3 is 1. The van der Waals surface area contributed by atoms with Crippen molar-refractivity contribution in [3.8, 4) is 0 Å². The molecule has 0 aliphatic carbocycles. The molecular formula is C10H11NO5. The van der Waals surface area contributed by atoms with Crippen molar-refractivity contribution in [1.82, 2.24) is 0 Å². The van der Waals surface area contributed by atoms with Gasteiger partial charge < -0.3 is 9.47 Å². The molecule has 0 spiro atoms. The Kier molecular flexibility index (Phi) is 4.41. The zero-order valence-electron chi connectivity index (χ0n) is 8.71. The van der Waals surface area contributed by atoms with Crippen LogP contribution in [0.5, 0.6) is 0 Å². The van der Waals surface area contributed by atoms with Crippen molar-refractivity contribution in [2.75, 3.05) is 20.3 Å². The maximum atomic E-state index is 11.4. The van der Waals surface area contributed by atoms with E-state index in [2.05, 4.69) is 0 Å². The minimum Gasteiger partial charge on any atom is -0.460 e. The van der Waals surface area contributed by atoms with Gasteiger partial charge in [0.25, 0.3) is 5.69 Å². The average molecular weight is 225 g/mol. The van der Waals surface area contributed by atoms with Gasteiger partial charge in [0.05, 0.1) is 17.1 Å². The van der Waals surface area contributed by atoms with Gasteiger partial charge in [0.2, 0.25) is 0 Å². The summed E-state index contributed by atoms with van der Waals surface area (Å²) in [7, 11) is 1.50. The fraction of sp³-hybridized carbons (Fsp3) is 0.300. The second-order valence-electron chi connectivity index (χ2n) is 2.93. The molecule has 16 heavy (non-hydrogen) atoms. The van der Waals surface area contributed by atoms with Crippen LogP contribution >= 0.6 is 0 Å². The molecule has 1 aromatic rings. The van der Waals surface area contributed by atoms with Gasteiger partial charge >= 0.3 is 5.97 Å². The van der Waals surface area contributed by atoms with E-state index in [0.717, 1.165) is 0 Å². The van der Waals surface area contributed by atoms with Crippen molar-refractivity contribution in [2.24, 2.45) is 0 Å². The molecule has 0 radical (unpaired) electrons. The standard InChI is InChI=1S/C10H11NO5/c1-15-6-7-16-10(12)8-2-4-9(5-3-8)11(13)14/h2-5H,6-7H2,1H3. The molecule has 0 atom stereocenters. The zero-order chi connectivity index (χ0) is 12.0. The van der Waals surface area contributed by atoms with Gasteiger partial charge in [-0.3, -0.25) is 10.1 Å². The maximum Gasteiger partial charge on any atom is 0.338 e. The number of rotatable bonds is 5. The number of benzene rings is 1. The van der Waals surface area contributed by atoms with Crippen LogP contribution in [0.4, 0.5) is 5.69 Å². The highest BCUT2D eigenvalue weighted by Crippen LogP contribution is 2.12. The average Bonchev–Trinajstić information content (AvgIpc) is 2.29. The first-order chi connectivity index (χ1) is 7.65. The van der Waals surface area contributed by atoms with Gasteiger partial charge in [-0.05, 0) is 12.1 Å². The number of non-ortho nitro benzene ring substituents is 1. The SMILES string of the molecule is COCCOC(=O)c1ccc([N+](=O)[O-])cc1. The summed E-state index contributed by atoms with van der Waals surface area (Å²) in [6, 6.07) is 5.22. The molecule has 0 N–H and O–H groups in total. The van der Waals surface area contributed by atoms with E-state index in [4.69, 9.17) is 9.47 Å². The molecule has 0 amide bonds. The molecule has 6 nitrogen and oxygen atoms in total. The van der Waals surface area contributed by atoms with Gasteiger partial charge in [0, 0.05) is 19.2 Å². The molecule has 0 aromatic heterocycles. The van der Waals surface area contributed by atoms with Crippen LogP contribution in [0.3, 0.4) is 0 Å². The van der Waals surface area contributed by atoms with Crippen molar-refractivity contribution in [3.63, 3.8) is 0 Å². The Morgan fingerprint density at radius 1 is 1.31 bits per heavy atom. The Labute approximate surface area is 91.9 Å². The van der Waals surface area contributed by atoms with E-state index in [9.17, 15) is 14.9 Å². The minimum atomic E-state index is -0.528. The molecule has 0 aliphatic heterocycles. The smallest absolute Gasteiger partial charge is 0.338 e. The predicted octanol–water partition coefficient (Wildman–Crippen LogP) is 1.40. The van der Waals surface area contributed by atoms with Crippen molar-refractivity contribution < 1.29 is 19.2 Å². The van der Waals surface area contributed by atoms with Gasteiger partial charge in [-0.2, -0.15) is 0 Å². The summed E-state index contributed by atoms with van der Waals surface area (Å²) in [5, 5.41) is 10.4. The van der Waals surface area contributed by atoms with Crippen LogP contribution in [-0.2, 0) is 9.47 Å². The van der Waals surface area contributed by atoms with Crippen molar-refractivity contribution in [3.05, 3.63) is 39.9 Å². The van der Waals surface area contributed by atoms with E-state index in [-0.39, 0.29) is 17.9 Å². The normalized spacial score (nSPS) is 9.81. The van der Waals surface area contributed by atoms with Crippen molar-refractivity contribution >= 4 is 11.7 Å². The third kappa shape index (κ3) is 3.32. The Balaban J connectivity index is 2.59. The lowest BCUT2D eigenvalue weighted by molar-refractivity contribution is -0.384. The number of carbonyl (C=O) groups is 1. The summed E-state index contributed by atoms with van der Waals surface area (Å²) in [6.45, 7) is 0.477. The first-order valence-corrected chi connectivity index (χ1v) is 4.55. The van der Waals surface area contributed by atoms with E-state index < -0.39 is 10.9 Å². The highest BCUT2D eigenvalue weighted by molar-refractivity contribution is 5.89. The van der Waals surface area contributed by atoms with Crippen LogP contribution in [-0.4, -0.2) is 31.2 Å². The summed E-state index contributed by atoms with van der Waals surface area (Å²) in [4.78, 5) is 21.2. The lowest BCUT2D eigenvalue weighted by Crippen LogP contribution is -2.09. The van der Waals surface area contributed by atoms with Gasteiger partial charge in [-0.15, -0.1) is 0 Å². The Bertz CT molecular complexity index is 373. The number of hydrogen-bond donors (Lipinski definition) is 0. The van der Waals surface area contributed by atoms with Crippen LogP contribution in [0.25, 0.3) is 0 Å². The third-order valence-corrected chi connectivity index (χ3v) is 1.83. The Hall–Kier alpha value is -1.95. The van der Waals surface area contributed by atoms with E-state index in [1.807, 2.05) is 0 Å². The van der Waals surface area contributed by atoms with Gasteiger partial charge in [-0.25, -0.2) is 4.79 Å². The van der Waals surface area contributed by atoms with Crippen LogP contribution in [0.1, 0.15) is 10.4 Å². The Morgan fingerprint density at radius 3 is 2.44 bits per heavy atom. The fourth-order valence-electron chi connectivity index (χ4n) is 1.02. The molecule has 0 saturated heterocycles. The number of hydrogen-bond acceptors (Lipinski definition) is 5. The van der Waals surface area contributed by atoms with Gasteiger partial charge in [-0.1, -0.05) is 0 Å². The molecule has 0 heterocycles. The highest BCUT2D eigenvalue weighted by Gasteiger charge is 2.09. The summed E-state index contributed by atoms with van der Waals surface area (Å²) in [5.74, 6) is -0.521. The first-order valence-electron chi connectivity index (χ1n) is 4.55. The van der Waals surface area contributed by atoms with Crippen LogP contribution in [0, 0.1) is 10.1 Å². The molecule has 0 aliphatic rings. The molecule has 0 saturated carbocycles. The predicted molar refractivity (Wildman–Crippen MR) is 55.3 cm³/mol. The number of nitrogens with zero attached hydrogens (tertiary/aromatic N) is 1. The summed E-state index contributed by atoms with van der Waals surface area (Å²) in [6.07, 6.45) is 0. The van der Waals surface area contributed by atoms with Gasteiger partial charge in [0.15, 0.2) is 0 Å². The highest BCUT2D eigenvalue weighted by atomic mass is 16.6. The van der Waals surface area contributed by atoms with Crippen LogP contribution < -0.4 is 0 Å². The van der Waals surface area contributed by atoms with E-state index in [1.54, 1.807) is 0 Å². The van der Waals surface area contributed by atoms with E-state index in [0.29, 0.717) is 6.61 Å². The summed E-state index contributed by atoms with van der Waals surface area (Å²) < 4.78 is 9.55. The van der Waals surface area contributed by atoms with Crippen LogP contribution in [0.15, 0.2) is 24.3 Å². The fourth-order valence-corrected chi connectivity index (χ4v) is 1.02. The number of nitro benzene ring substituents is 1. The molecule has 1 aromatic carbocycles. The zero-order valence-corrected chi connectivity index (χ0v) is 8.71. The minimum absolute atomic E-state index is 0.0616. The van der Waals surface area contributed by atoms with E-state index >= 15 is 0 Å². The lowest BCUT2D eigenvalue weighted by atomic mass is 10.2. The second-order valence-corrected chi connectivity index (χ2v) is 2.93. The van der Waals surface area contributed by atoms with E-state index in [1.165, 1.54) is 31.4 Å².